The number of fused-ring (bicyclic) bond motifs is 1. The Kier molecular flexibility index (Phi) is 3.83. The number of urea groups is 1. The first-order chi connectivity index (χ1) is 12.5. The molecule has 1 aliphatic carbocycles. The molecule has 1 fully saturated rings. The lowest BCUT2D eigenvalue weighted by atomic mass is 9.78. The quantitative estimate of drug-likeness (QED) is 0.682. The number of amides is 3. The molecule has 26 heavy (non-hydrogen) atoms. The number of rotatable bonds is 3. The van der Waals surface area contributed by atoms with E-state index in [4.69, 9.17) is 0 Å². The van der Waals surface area contributed by atoms with Crippen LogP contribution in [-0.4, -0.2) is 34.7 Å². The van der Waals surface area contributed by atoms with Crippen LogP contribution in [0.15, 0.2) is 48.5 Å². The highest BCUT2D eigenvalue weighted by Crippen LogP contribution is 2.33. The maximum atomic E-state index is 13.0. The number of nitrogens with one attached hydrogen (secondary N) is 1. The largest absolute Gasteiger partial charge is 0.325 e. The Morgan fingerprint density at radius 3 is 2.50 bits per heavy atom. The van der Waals surface area contributed by atoms with Crippen LogP contribution in [0.3, 0.4) is 0 Å². The van der Waals surface area contributed by atoms with Crippen LogP contribution in [0.4, 0.5) is 9.18 Å². The van der Waals surface area contributed by atoms with Crippen LogP contribution in [-0.2, 0) is 17.6 Å². The zero-order chi connectivity index (χ0) is 18.3. The van der Waals surface area contributed by atoms with Crippen LogP contribution >= 0.6 is 0 Å². The Morgan fingerprint density at radius 1 is 1.08 bits per heavy atom. The number of nitrogens with zero attached hydrogens (tertiary/aromatic N) is 1. The number of Topliss-reactive ketones (excluding diaryl/α,β-unsaturated/α-hetero) is 1. The fraction of sp³-hybridized carbons (Fsp3) is 0.250. The first-order valence-electron chi connectivity index (χ1n) is 8.48. The van der Waals surface area contributed by atoms with Crippen LogP contribution in [0.5, 0.6) is 0 Å². The van der Waals surface area contributed by atoms with Crippen molar-refractivity contribution in [2.24, 2.45) is 0 Å². The molecule has 1 atom stereocenters. The van der Waals surface area contributed by atoms with Crippen molar-refractivity contribution < 1.29 is 18.8 Å². The number of imide groups is 1. The van der Waals surface area contributed by atoms with Crippen molar-refractivity contribution in [1.82, 2.24) is 10.2 Å². The summed E-state index contributed by atoms with van der Waals surface area (Å²) in [6.07, 6.45) is 1.63. The lowest BCUT2D eigenvalue weighted by molar-refractivity contribution is -0.131. The average Bonchev–Trinajstić information content (AvgIpc) is 2.86. The molecule has 1 N–H and O–H groups in total. The lowest BCUT2D eigenvalue weighted by Gasteiger charge is -2.32. The zero-order valence-corrected chi connectivity index (χ0v) is 14.0. The van der Waals surface area contributed by atoms with Crippen molar-refractivity contribution in [2.75, 3.05) is 6.54 Å². The summed E-state index contributed by atoms with van der Waals surface area (Å²) < 4.78 is 13.0. The van der Waals surface area contributed by atoms with Crippen LogP contribution < -0.4 is 5.32 Å². The zero-order valence-electron chi connectivity index (χ0n) is 14.0. The standard InChI is InChI=1S/C20H17FN2O3/c21-16-7-5-14(6-8-16)17(24)12-23-18(25)20(22-19(23)26)10-9-13-3-1-2-4-15(13)11-20/h1-8H,9-12H2,(H,22,26). The summed E-state index contributed by atoms with van der Waals surface area (Å²) in [4.78, 5) is 38.7. The van der Waals surface area contributed by atoms with E-state index in [0.717, 1.165) is 10.5 Å². The molecule has 0 radical (unpaired) electrons. The number of carbonyl (C=O) groups is 3. The maximum absolute atomic E-state index is 13.0. The topological polar surface area (TPSA) is 66.5 Å². The molecular weight excluding hydrogens is 335 g/mol. The average molecular weight is 352 g/mol. The Bertz CT molecular complexity index is 910. The van der Waals surface area contributed by atoms with Gasteiger partial charge in [0.25, 0.3) is 5.91 Å². The van der Waals surface area contributed by atoms with Gasteiger partial charge in [-0.1, -0.05) is 24.3 Å². The highest BCUT2D eigenvalue weighted by atomic mass is 19.1. The van der Waals surface area contributed by atoms with Crippen molar-refractivity contribution in [3.05, 3.63) is 71.0 Å². The summed E-state index contributed by atoms with van der Waals surface area (Å²) in [7, 11) is 0. The van der Waals surface area contributed by atoms with E-state index < -0.39 is 23.2 Å². The molecule has 1 saturated heterocycles. The van der Waals surface area contributed by atoms with Crippen LogP contribution in [0, 0.1) is 5.82 Å². The molecule has 3 amide bonds. The fourth-order valence-corrected chi connectivity index (χ4v) is 3.72. The van der Waals surface area contributed by atoms with E-state index in [1.54, 1.807) is 0 Å². The predicted molar refractivity (Wildman–Crippen MR) is 92.2 cm³/mol. The van der Waals surface area contributed by atoms with Gasteiger partial charge in [-0.15, -0.1) is 0 Å². The Morgan fingerprint density at radius 2 is 1.77 bits per heavy atom. The first kappa shape index (κ1) is 16.4. The molecular formula is C20H17FN2O3. The van der Waals surface area contributed by atoms with Gasteiger partial charge in [0.05, 0.1) is 6.54 Å². The summed E-state index contributed by atoms with van der Waals surface area (Å²) in [5.74, 6) is -1.22. The van der Waals surface area contributed by atoms with Gasteiger partial charge in [-0.3, -0.25) is 14.5 Å². The van der Waals surface area contributed by atoms with Crippen molar-refractivity contribution in [1.29, 1.82) is 0 Å². The third kappa shape index (κ3) is 2.67. The van der Waals surface area contributed by atoms with Crippen molar-refractivity contribution in [3.8, 4) is 0 Å². The first-order valence-corrected chi connectivity index (χ1v) is 8.48. The van der Waals surface area contributed by atoms with Gasteiger partial charge in [0.1, 0.15) is 11.4 Å². The number of hydrogen-bond acceptors (Lipinski definition) is 3. The number of hydrogen-bond donors (Lipinski definition) is 1. The molecule has 2 aliphatic rings. The van der Waals surface area contributed by atoms with Gasteiger partial charge >= 0.3 is 6.03 Å². The van der Waals surface area contributed by atoms with Gasteiger partial charge in [-0.25, -0.2) is 9.18 Å². The minimum absolute atomic E-state index is 0.266. The highest BCUT2D eigenvalue weighted by molar-refractivity contribution is 6.11. The van der Waals surface area contributed by atoms with Crippen molar-refractivity contribution in [2.45, 2.75) is 24.8 Å². The van der Waals surface area contributed by atoms with Gasteiger partial charge in [0.2, 0.25) is 0 Å². The molecule has 2 aromatic rings. The summed E-state index contributed by atoms with van der Waals surface area (Å²) in [6, 6.07) is 12.4. The summed E-state index contributed by atoms with van der Waals surface area (Å²) in [6.45, 7) is -0.348. The van der Waals surface area contributed by atoms with Crippen LogP contribution in [0.2, 0.25) is 0 Å². The molecule has 4 rings (SSSR count). The third-order valence-corrected chi connectivity index (χ3v) is 5.15. The van der Waals surface area contributed by atoms with E-state index >= 15 is 0 Å². The van der Waals surface area contributed by atoms with Crippen LogP contribution in [0.1, 0.15) is 27.9 Å². The fourth-order valence-electron chi connectivity index (χ4n) is 3.72. The van der Waals surface area contributed by atoms with E-state index in [1.807, 2.05) is 24.3 Å². The molecule has 1 heterocycles. The molecule has 0 saturated carbocycles. The molecule has 6 heteroatoms. The Labute approximate surface area is 149 Å². The number of aryl methyl sites for hydroxylation is 1. The minimum atomic E-state index is -0.978. The highest BCUT2D eigenvalue weighted by Gasteiger charge is 2.52. The smallest absolute Gasteiger partial charge is 0.323 e. The van der Waals surface area contributed by atoms with E-state index in [9.17, 15) is 18.8 Å². The van der Waals surface area contributed by atoms with E-state index in [-0.39, 0.29) is 18.0 Å². The molecule has 2 aromatic carbocycles. The van der Waals surface area contributed by atoms with Gasteiger partial charge in [-0.05, 0) is 48.2 Å². The predicted octanol–water partition coefficient (Wildman–Crippen LogP) is 2.49. The van der Waals surface area contributed by atoms with Gasteiger partial charge < -0.3 is 5.32 Å². The lowest BCUT2D eigenvalue weighted by Crippen LogP contribution is -2.51. The molecule has 1 aliphatic heterocycles. The summed E-state index contributed by atoms with van der Waals surface area (Å²) in [5, 5.41) is 2.80. The Hall–Kier alpha value is -3.02. The molecule has 1 spiro atoms. The van der Waals surface area contributed by atoms with Gasteiger partial charge in [0.15, 0.2) is 5.78 Å². The van der Waals surface area contributed by atoms with Crippen molar-refractivity contribution in [3.63, 3.8) is 0 Å². The number of ketones is 1. The van der Waals surface area contributed by atoms with Crippen molar-refractivity contribution >= 4 is 17.7 Å². The third-order valence-electron chi connectivity index (χ3n) is 5.15. The molecule has 0 aromatic heterocycles. The molecule has 132 valence electrons. The van der Waals surface area contributed by atoms with E-state index in [1.165, 1.54) is 29.8 Å². The van der Waals surface area contributed by atoms with Gasteiger partial charge in [-0.2, -0.15) is 0 Å². The SMILES string of the molecule is O=C(CN1C(=O)NC2(CCc3ccccc3C2)C1=O)c1ccc(F)cc1. The van der Waals surface area contributed by atoms with Crippen LogP contribution in [0.25, 0.3) is 0 Å². The monoisotopic (exact) mass is 352 g/mol. The number of carbonyl (C=O) groups excluding carboxylic acids is 3. The van der Waals surface area contributed by atoms with E-state index in [0.29, 0.717) is 19.3 Å². The molecule has 0 bridgehead atoms. The Balaban J connectivity index is 1.55. The number of benzene rings is 2. The molecule has 5 nitrogen and oxygen atoms in total. The minimum Gasteiger partial charge on any atom is -0.323 e. The normalized spacial score (nSPS) is 21.7. The summed E-state index contributed by atoms with van der Waals surface area (Å²) in [5.41, 5.74) is 1.51. The van der Waals surface area contributed by atoms with E-state index in [2.05, 4.69) is 5.32 Å². The number of halogens is 1. The second kappa shape index (κ2) is 6.05. The molecule has 1 unspecified atom stereocenters. The second-order valence-corrected chi connectivity index (χ2v) is 6.78. The maximum Gasteiger partial charge on any atom is 0.325 e. The van der Waals surface area contributed by atoms with Gasteiger partial charge in [0, 0.05) is 12.0 Å². The summed E-state index contributed by atoms with van der Waals surface area (Å²) >= 11 is 0. The second-order valence-electron chi connectivity index (χ2n) is 6.78.